The highest BCUT2D eigenvalue weighted by atomic mass is 16.2. The van der Waals surface area contributed by atoms with E-state index in [1.807, 2.05) is 6.92 Å². The number of likely N-dealkylation sites (tertiary alicyclic amines) is 1. The number of amides is 1. The van der Waals surface area contributed by atoms with Crippen molar-refractivity contribution in [3.63, 3.8) is 0 Å². The Labute approximate surface area is 131 Å². The first-order valence-corrected chi connectivity index (χ1v) is 8.74. The number of hydrogen-bond donors (Lipinski definition) is 1. The van der Waals surface area contributed by atoms with Crippen LogP contribution < -0.4 is 5.32 Å². The quantitative estimate of drug-likeness (QED) is 0.699. The van der Waals surface area contributed by atoms with Crippen LogP contribution >= 0.6 is 0 Å². The van der Waals surface area contributed by atoms with Crippen LogP contribution in [0.3, 0.4) is 0 Å². The second-order valence-corrected chi connectivity index (χ2v) is 6.70. The van der Waals surface area contributed by atoms with Crippen molar-refractivity contribution in [2.75, 3.05) is 33.2 Å². The van der Waals surface area contributed by atoms with Gasteiger partial charge in [-0.15, -0.1) is 0 Å². The Kier molecular flexibility index (Phi) is 8.93. The highest BCUT2D eigenvalue weighted by Crippen LogP contribution is 2.10. The van der Waals surface area contributed by atoms with Crippen LogP contribution in [0.1, 0.15) is 59.3 Å². The predicted octanol–water partition coefficient (Wildman–Crippen LogP) is 2.49. The number of hydrogen-bond acceptors (Lipinski definition) is 3. The van der Waals surface area contributed by atoms with Gasteiger partial charge < -0.3 is 15.1 Å². The van der Waals surface area contributed by atoms with Gasteiger partial charge in [0.15, 0.2) is 0 Å². The van der Waals surface area contributed by atoms with Crippen LogP contribution in [0.15, 0.2) is 0 Å². The molecule has 4 heteroatoms. The van der Waals surface area contributed by atoms with Crippen LogP contribution in [0.4, 0.5) is 0 Å². The van der Waals surface area contributed by atoms with Crippen molar-refractivity contribution < 1.29 is 4.79 Å². The fourth-order valence-electron chi connectivity index (χ4n) is 2.72. The number of carbonyl (C=O) groups is 1. The number of rotatable bonds is 8. The van der Waals surface area contributed by atoms with Crippen molar-refractivity contribution >= 4 is 5.91 Å². The first-order chi connectivity index (χ1) is 10.0. The van der Waals surface area contributed by atoms with Gasteiger partial charge in [-0.3, -0.25) is 4.79 Å². The maximum Gasteiger partial charge on any atom is 0.239 e. The van der Waals surface area contributed by atoms with Gasteiger partial charge in [-0.2, -0.15) is 0 Å². The summed E-state index contributed by atoms with van der Waals surface area (Å²) in [6.07, 6.45) is 7.20. The van der Waals surface area contributed by atoms with Gasteiger partial charge in [0, 0.05) is 19.1 Å². The normalized spacial score (nSPS) is 18.1. The summed E-state index contributed by atoms with van der Waals surface area (Å²) in [4.78, 5) is 16.8. The monoisotopic (exact) mass is 297 g/mol. The number of carbonyl (C=O) groups excluding carboxylic acids is 1. The standard InChI is InChI=1S/C17H35N3O/c1-15(2)19(4)12-10-7-11-18-16(3)17(21)20-13-8-5-6-9-14-20/h15-16,18H,5-14H2,1-4H3. The molecule has 1 heterocycles. The average Bonchev–Trinajstić information content (AvgIpc) is 2.74. The molecule has 1 fully saturated rings. The second kappa shape index (κ2) is 10.2. The molecule has 0 aromatic rings. The van der Waals surface area contributed by atoms with Gasteiger partial charge in [0.1, 0.15) is 0 Å². The van der Waals surface area contributed by atoms with Gasteiger partial charge in [0.25, 0.3) is 0 Å². The minimum atomic E-state index is -0.0362. The van der Waals surface area contributed by atoms with E-state index in [9.17, 15) is 4.79 Å². The molecular formula is C17H35N3O. The molecule has 0 aromatic heterocycles. The Bertz CT molecular complexity index is 286. The summed E-state index contributed by atoms with van der Waals surface area (Å²) in [5.74, 6) is 0.288. The Morgan fingerprint density at radius 1 is 1.10 bits per heavy atom. The summed E-state index contributed by atoms with van der Waals surface area (Å²) in [6, 6.07) is 0.576. The lowest BCUT2D eigenvalue weighted by molar-refractivity contribution is -0.133. The fourth-order valence-corrected chi connectivity index (χ4v) is 2.72. The van der Waals surface area contributed by atoms with Crippen molar-refractivity contribution in [2.45, 2.75) is 71.4 Å². The van der Waals surface area contributed by atoms with Crippen LogP contribution in [0.5, 0.6) is 0 Å². The average molecular weight is 297 g/mol. The zero-order valence-corrected chi connectivity index (χ0v) is 14.5. The largest absolute Gasteiger partial charge is 0.341 e. The van der Waals surface area contributed by atoms with E-state index in [-0.39, 0.29) is 11.9 Å². The first-order valence-electron chi connectivity index (χ1n) is 8.74. The fraction of sp³-hybridized carbons (Fsp3) is 0.941. The molecule has 0 aromatic carbocycles. The van der Waals surface area contributed by atoms with Gasteiger partial charge in [0.05, 0.1) is 6.04 Å². The molecule has 124 valence electrons. The van der Waals surface area contributed by atoms with E-state index in [2.05, 4.69) is 36.0 Å². The molecule has 4 nitrogen and oxygen atoms in total. The van der Waals surface area contributed by atoms with Crippen LogP contribution in [0.2, 0.25) is 0 Å². The lowest BCUT2D eigenvalue weighted by Crippen LogP contribution is -2.45. The topological polar surface area (TPSA) is 35.6 Å². The summed E-state index contributed by atoms with van der Waals surface area (Å²) < 4.78 is 0. The second-order valence-electron chi connectivity index (χ2n) is 6.70. The smallest absolute Gasteiger partial charge is 0.239 e. The molecule has 1 saturated heterocycles. The Morgan fingerprint density at radius 3 is 2.29 bits per heavy atom. The highest BCUT2D eigenvalue weighted by Gasteiger charge is 2.20. The summed E-state index contributed by atoms with van der Waals surface area (Å²) in [7, 11) is 2.17. The molecule has 1 amide bonds. The van der Waals surface area contributed by atoms with Crippen LogP contribution in [0, 0.1) is 0 Å². The zero-order chi connectivity index (χ0) is 15.7. The van der Waals surface area contributed by atoms with Gasteiger partial charge >= 0.3 is 0 Å². The van der Waals surface area contributed by atoms with Crippen molar-refractivity contribution in [1.82, 2.24) is 15.1 Å². The minimum Gasteiger partial charge on any atom is -0.341 e. The molecule has 0 spiro atoms. The molecule has 1 atom stereocenters. The van der Waals surface area contributed by atoms with Crippen LogP contribution in [-0.4, -0.2) is 61.0 Å². The summed E-state index contributed by atoms with van der Waals surface area (Å²) in [5.41, 5.74) is 0. The third-order valence-corrected chi connectivity index (χ3v) is 4.56. The lowest BCUT2D eigenvalue weighted by atomic mass is 10.2. The Hall–Kier alpha value is -0.610. The van der Waals surface area contributed by atoms with Crippen molar-refractivity contribution in [3.8, 4) is 0 Å². The SMILES string of the molecule is CC(NCCCCN(C)C(C)C)C(=O)N1CCCCCC1. The van der Waals surface area contributed by atoms with E-state index >= 15 is 0 Å². The first kappa shape index (κ1) is 18.4. The van der Waals surface area contributed by atoms with E-state index in [0.29, 0.717) is 6.04 Å². The van der Waals surface area contributed by atoms with Crippen molar-refractivity contribution in [2.24, 2.45) is 0 Å². The van der Waals surface area contributed by atoms with E-state index in [1.165, 1.54) is 32.1 Å². The maximum absolute atomic E-state index is 12.4. The third-order valence-electron chi connectivity index (χ3n) is 4.56. The van der Waals surface area contributed by atoms with Gasteiger partial charge in [0.2, 0.25) is 5.91 Å². The maximum atomic E-state index is 12.4. The molecule has 1 N–H and O–H groups in total. The van der Waals surface area contributed by atoms with Gasteiger partial charge in [-0.05, 0) is 66.6 Å². The molecule has 0 radical (unpaired) electrons. The Morgan fingerprint density at radius 2 is 1.71 bits per heavy atom. The van der Waals surface area contributed by atoms with E-state index < -0.39 is 0 Å². The van der Waals surface area contributed by atoms with E-state index in [0.717, 1.165) is 32.6 Å². The molecule has 21 heavy (non-hydrogen) atoms. The minimum absolute atomic E-state index is 0.0362. The van der Waals surface area contributed by atoms with Crippen molar-refractivity contribution in [1.29, 1.82) is 0 Å². The third kappa shape index (κ3) is 7.28. The van der Waals surface area contributed by atoms with Gasteiger partial charge in [-0.1, -0.05) is 12.8 Å². The Balaban J connectivity index is 2.14. The summed E-state index contributed by atoms with van der Waals surface area (Å²) in [6.45, 7) is 10.4. The number of unbranched alkanes of at least 4 members (excludes halogenated alkanes) is 1. The summed E-state index contributed by atoms with van der Waals surface area (Å²) in [5, 5.41) is 3.39. The number of nitrogens with zero attached hydrogens (tertiary/aromatic N) is 2. The lowest BCUT2D eigenvalue weighted by Gasteiger charge is -2.25. The molecule has 1 unspecified atom stereocenters. The zero-order valence-electron chi connectivity index (χ0n) is 14.5. The molecule has 1 rings (SSSR count). The van der Waals surface area contributed by atoms with Crippen molar-refractivity contribution in [3.05, 3.63) is 0 Å². The van der Waals surface area contributed by atoms with E-state index in [4.69, 9.17) is 0 Å². The van der Waals surface area contributed by atoms with E-state index in [1.54, 1.807) is 0 Å². The highest BCUT2D eigenvalue weighted by molar-refractivity contribution is 5.81. The van der Waals surface area contributed by atoms with Gasteiger partial charge in [-0.25, -0.2) is 0 Å². The number of nitrogens with one attached hydrogen (secondary N) is 1. The molecule has 1 aliphatic rings. The molecule has 0 bridgehead atoms. The molecule has 1 aliphatic heterocycles. The predicted molar refractivity (Wildman–Crippen MR) is 89.5 cm³/mol. The molecule has 0 aliphatic carbocycles. The van der Waals surface area contributed by atoms with Crippen LogP contribution in [-0.2, 0) is 4.79 Å². The van der Waals surface area contributed by atoms with Crippen LogP contribution in [0.25, 0.3) is 0 Å². The summed E-state index contributed by atoms with van der Waals surface area (Å²) >= 11 is 0. The molecule has 0 saturated carbocycles. The molecular weight excluding hydrogens is 262 g/mol.